The lowest BCUT2D eigenvalue weighted by molar-refractivity contribution is 0.291. The highest BCUT2D eigenvalue weighted by Crippen LogP contribution is 2.26. The van der Waals surface area contributed by atoms with Crippen LogP contribution in [0.15, 0.2) is 42.5 Å². The van der Waals surface area contributed by atoms with E-state index in [2.05, 4.69) is 0 Å². The maximum absolute atomic E-state index is 13.9. The molecule has 0 bridgehead atoms. The highest BCUT2D eigenvalue weighted by molar-refractivity contribution is 5.84. The first kappa shape index (κ1) is 16.1. The maximum Gasteiger partial charge on any atom is 0.166 e. The highest BCUT2D eigenvalue weighted by Gasteiger charge is 2.13. The van der Waals surface area contributed by atoms with Crippen molar-refractivity contribution in [3.05, 3.63) is 71.3 Å². The fourth-order valence-corrected chi connectivity index (χ4v) is 2.32. The van der Waals surface area contributed by atoms with Crippen molar-refractivity contribution in [1.29, 1.82) is 0 Å². The molecule has 0 heterocycles. The first-order valence-corrected chi connectivity index (χ1v) is 7.02. The van der Waals surface area contributed by atoms with Crippen LogP contribution in [0.1, 0.15) is 5.56 Å². The molecule has 0 radical (unpaired) electrons. The molecular formula is C18H12F4O2. The Morgan fingerprint density at radius 2 is 1.50 bits per heavy atom. The molecule has 24 heavy (non-hydrogen) atoms. The van der Waals surface area contributed by atoms with Crippen molar-refractivity contribution in [2.75, 3.05) is 7.11 Å². The van der Waals surface area contributed by atoms with Crippen LogP contribution in [0.3, 0.4) is 0 Å². The lowest BCUT2D eigenvalue weighted by Gasteiger charge is -2.10. The Bertz CT molecular complexity index is 886. The molecule has 2 nitrogen and oxygen atoms in total. The number of hydrogen-bond acceptors (Lipinski definition) is 2. The predicted octanol–water partition coefficient (Wildman–Crippen LogP) is 4.98. The first-order valence-electron chi connectivity index (χ1n) is 7.02. The normalized spacial score (nSPS) is 10.9. The molecule has 0 aromatic heterocycles. The van der Waals surface area contributed by atoms with Gasteiger partial charge in [0.2, 0.25) is 0 Å². The Morgan fingerprint density at radius 3 is 2.17 bits per heavy atom. The summed E-state index contributed by atoms with van der Waals surface area (Å²) in [4.78, 5) is 0. The summed E-state index contributed by atoms with van der Waals surface area (Å²) in [6.45, 7) is -0.350. The molecule has 0 N–H and O–H groups in total. The van der Waals surface area contributed by atoms with Crippen LogP contribution in [0.5, 0.6) is 11.5 Å². The van der Waals surface area contributed by atoms with Gasteiger partial charge in [0.15, 0.2) is 11.6 Å². The minimum absolute atomic E-state index is 0.0666. The van der Waals surface area contributed by atoms with Gasteiger partial charge in [-0.25, -0.2) is 17.6 Å². The number of fused-ring (bicyclic) bond motifs is 1. The summed E-state index contributed by atoms with van der Waals surface area (Å²) in [6, 6.07) is 8.74. The smallest absolute Gasteiger partial charge is 0.166 e. The molecule has 0 amide bonds. The van der Waals surface area contributed by atoms with E-state index in [9.17, 15) is 17.6 Å². The molecule has 0 spiro atoms. The van der Waals surface area contributed by atoms with E-state index < -0.39 is 23.3 Å². The van der Waals surface area contributed by atoms with Crippen molar-refractivity contribution in [3.63, 3.8) is 0 Å². The maximum atomic E-state index is 13.9. The van der Waals surface area contributed by atoms with Gasteiger partial charge >= 0.3 is 0 Å². The summed E-state index contributed by atoms with van der Waals surface area (Å²) in [6.07, 6.45) is 0. The van der Waals surface area contributed by atoms with Crippen LogP contribution in [-0.2, 0) is 6.61 Å². The molecule has 3 aromatic rings. The third kappa shape index (κ3) is 2.99. The molecule has 3 rings (SSSR count). The summed E-state index contributed by atoms with van der Waals surface area (Å²) in [5.41, 5.74) is -0.249. The summed E-state index contributed by atoms with van der Waals surface area (Å²) < 4.78 is 64.7. The van der Waals surface area contributed by atoms with Crippen LogP contribution in [0.25, 0.3) is 10.8 Å². The standard InChI is InChI=1S/C18H12F4O2/c1-23-12-7-16(20)14(17(21)8-12)9-24-11-3-4-13-10(6-11)2-5-15(19)18(13)22/h2-8H,9H2,1H3. The van der Waals surface area contributed by atoms with Gasteiger partial charge in [0, 0.05) is 17.5 Å². The van der Waals surface area contributed by atoms with Crippen molar-refractivity contribution in [1.82, 2.24) is 0 Å². The van der Waals surface area contributed by atoms with E-state index in [0.717, 1.165) is 18.2 Å². The van der Waals surface area contributed by atoms with E-state index in [0.29, 0.717) is 5.39 Å². The van der Waals surface area contributed by atoms with E-state index in [1.165, 1.54) is 31.4 Å². The van der Waals surface area contributed by atoms with Crippen molar-refractivity contribution < 1.29 is 27.0 Å². The average molecular weight is 336 g/mol. The summed E-state index contributed by atoms with van der Waals surface area (Å²) in [5, 5.41) is 0.520. The fourth-order valence-electron chi connectivity index (χ4n) is 2.32. The van der Waals surface area contributed by atoms with Crippen molar-refractivity contribution in [2.24, 2.45) is 0 Å². The molecular weight excluding hydrogens is 324 g/mol. The predicted molar refractivity (Wildman–Crippen MR) is 81.1 cm³/mol. The van der Waals surface area contributed by atoms with Crippen LogP contribution in [0.2, 0.25) is 0 Å². The Kier molecular flexibility index (Phi) is 4.29. The number of rotatable bonds is 4. The SMILES string of the molecule is COc1cc(F)c(COc2ccc3c(F)c(F)ccc3c2)c(F)c1. The Balaban J connectivity index is 1.85. The van der Waals surface area contributed by atoms with Gasteiger partial charge in [0.25, 0.3) is 0 Å². The van der Waals surface area contributed by atoms with Crippen LogP contribution >= 0.6 is 0 Å². The van der Waals surface area contributed by atoms with Crippen molar-refractivity contribution in [3.8, 4) is 11.5 Å². The van der Waals surface area contributed by atoms with E-state index in [4.69, 9.17) is 9.47 Å². The highest BCUT2D eigenvalue weighted by atomic mass is 19.2. The van der Waals surface area contributed by atoms with Gasteiger partial charge in [-0.15, -0.1) is 0 Å². The minimum Gasteiger partial charge on any atom is -0.497 e. The largest absolute Gasteiger partial charge is 0.497 e. The van der Waals surface area contributed by atoms with Gasteiger partial charge in [-0.3, -0.25) is 0 Å². The zero-order chi connectivity index (χ0) is 17.3. The van der Waals surface area contributed by atoms with Gasteiger partial charge in [-0.1, -0.05) is 6.07 Å². The third-order valence-corrected chi connectivity index (χ3v) is 3.61. The number of halogens is 4. The molecule has 3 aromatic carbocycles. The Hall–Kier alpha value is -2.76. The average Bonchev–Trinajstić information content (AvgIpc) is 2.57. The lowest BCUT2D eigenvalue weighted by atomic mass is 10.1. The number of hydrogen-bond donors (Lipinski definition) is 0. The molecule has 6 heteroatoms. The van der Waals surface area contributed by atoms with Crippen molar-refractivity contribution in [2.45, 2.75) is 6.61 Å². The third-order valence-electron chi connectivity index (χ3n) is 3.61. The van der Waals surface area contributed by atoms with E-state index in [1.54, 1.807) is 0 Å². The lowest BCUT2D eigenvalue weighted by Crippen LogP contribution is -2.03. The van der Waals surface area contributed by atoms with Gasteiger partial charge in [0.05, 0.1) is 12.7 Å². The van der Waals surface area contributed by atoms with E-state index >= 15 is 0 Å². The van der Waals surface area contributed by atoms with E-state index in [1.807, 2.05) is 0 Å². The topological polar surface area (TPSA) is 18.5 Å². The zero-order valence-electron chi connectivity index (χ0n) is 12.6. The summed E-state index contributed by atoms with van der Waals surface area (Å²) in [5.74, 6) is -3.13. The molecule has 0 aliphatic heterocycles. The molecule has 0 unspecified atom stereocenters. The molecule has 0 atom stereocenters. The summed E-state index contributed by atoms with van der Waals surface area (Å²) >= 11 is 0. The monoisotopic (exact) mass is 336 g/mol. The van der Waals surface area contributed by atoms with Crippen molar-refractivity contribution >= 4 is 10.8 Å². The summed E-state index contributed by atoms with van der Waals surface area (Å²) in [7, 11) is 1.31. The second kappa shape index (κ2) is 6.39. The van der Waals surface area contributed by atoms with Crippen LogP contribution in [-0.4, -0.2) is 7.11 Å². The number of benzene rings is 3. The molecule has 0 aliphatic carbocycles. The zero-order valence-corrected chi connectivity index (χ0v) is 12.6. The number of ether oxygens (including phenoxy) is 2. The van der Waals surface area contributed by atoms with Gasteiger partial charge < -0.3 is 9.47 Å². The Labute approximate surface area is 135 Å². The minimum atomic E-state index is -0.953. The molecule has 0 saturated carbocycles. The second-order valence-corrected chi connectivity index (χ2v) is 5.10. The Morgan fingerprint density at radius 1 is 0.792 bits per heavy atom. The van der Waals surface area contributed by atoms with Crippen LogP contribution in [0.4, 0.5) is 17.6 Å². The van der Waals surface area contributed by atoms with Crippen LogP contribution in [0, 0.1) is 23.3 Å². The van der Waals surface area contributed by atoms with Gasteiger partial charge in [0.1, 0.15) is 29.7 Å². The van der Waals surface area contributed by atoms with Gasteiger partial charge in [-0.2, -0.15) is 0 Å². The van der Waals surface area contributed by atoms with Crippen LogP contribution < -0.4 is 9.47 Å². The van der Waals surface area contributed by atoms with E-state index in [-0.39, 0.29) is 29.1 Å². The molecule has 124 valence electrons. The number of methoxy groups -OCH3 is 1. The first-order chi connectivity index (χ1) is 11.5. The van der Waals surface area contributed by atoms with Gasteiger partial charge in [-0.05, 0) is 29.7 Å². The molecule has 0 fully saturated rings. The molecule has 0 aliphatic rings. The second-order valence-electron chi connectivity index (χ2n) is 5.10. The quantitative estimate of drug-likeness (QED) is 0.625. The molecule has 0 saturated heterocycles. The fraction of sp³-hybridized carbons (Fsp3) is 0.111.